The van der Waals surface area contributed by atoms with Gasteiger partial charge in [0.15, 0.2) is 0 Å². The zero-order valence-corrected chi connectivity index (χ0v) is 16.2. The summed E-state index contributed by atoms with van der Waals surface area (Å²) >= 11 is 0. The lowest BCUT2D eigenvalue weighted by molar-refractivity contribution is -0.137. The van der Waals surface area contributed by atoms with Crippen molar-refractivity contribution in [3.05, 3.63) is 59.7 Å². The van der Waals surface area contributed by atoms with Crippen LogP contribution in [-0.4, -0.2) is 41.4 Å². The molecule has 30 heavy (non-hydrogen) atoms. The van der Waals surface area contributed by atoms with Crippen molar-refractivity contribution in [2.24, 2.45) is 5.73 Å². The first-order valence-corrected chi connectivity index (χ1v) is 9.47. The number of anilines is 2. The lowest BCUT2D eigenvalue weighted by Gasteiger charge is -2.18. The molecular weight excluding hydrogens is 386 g/mol. The molecule has 0 saturated carbocycles. The summed E-state index contributed by atoms with van der Waals surface area (Å²) in [7, 11) is 0. The number of carboxylic acid groups (broad SMARTS) is 1. The predicted molar refractivity (Wildman–Crippen MR) is 113 cm³/mol. The number of urea groups is 1. The molecule has 0 bridgehead atoms. The highest BCUT2D eigenvalue weighted by Crippen LogP contribution is 2.22. The van der Waals surface area contributed by atoms with Crippen molar-refractivity contribution in [2.75, 3.05) is 16.8 Å². The second-order valence-electron chi connectivity index (χ2n) is 6.98. The standard InChI is InChI=1S/C21H23N5O4/c22-19(23)14-5-7-16(8-6-14)26-11-10-17(20(26)29)25-21(30)24-15-3-1-2-13(12-15)4-9-18(27)28/h1-3,5-8,12,17H,4,9-11H2,(H3,22,23)(H,27,28)(H2,24,25,30). The quantitative estimate of drug-likeness (QED) is 0.350. The van der Waals surface area contributed by atoms with E-state index < -0.39 is 18.0 Å². The number of carbonyl (C=O) groups excluding carboxylic acids is 2. The summed E-state index contributed by atoms with van der Waals surface area (Å²) in [5, 5.41) is 21.6. The van der Waals surface area contributed by atoms with E-state index in [-0.39, 0.29) is 18.2 Å². The molecule has 6 N–H and O–H groups in total. The molecule has 9 nitrogen and oxygen atoms in total. The molecule has 1 aliphatic heterocycles. The van der Waals surface area contributed by atoms with Crippen LogP contribution in [0, 0.1) is 5.41 Å². The fourth-order valence-electron chi connectivity index (χ4n) is 3.27. The Kier molecular flexibility index (Phi) is 6.31. The van der Waals surface area contributed by atoms with Gasteiger partial charge in [-0.3, -0.25) is 15.0 Å². The number of nitrogens with zero attached hydrogens (tertiary/aromatic N) is 1. The SMILES string of the molecule is N=C(N)c1ccc(N2CCC(NC(=O)Nc3cccc(CCC(=O)O)c3)C2=O)cc1. The van der Waals surface area contributed by atoms with Crippen molar-refractivity contribution < 1.29 is 19.5 Å². The predicted octanol–water partition coefficient (Wildman–Crippen LogP) is 1.91. The Morgan fingerprint density at radius 3 is 2.60 bits per heavy atom. The lowest BCUT2D eigenvalue weighted by Crippen LogP contribution is -2.43. The topological polar surface area (TPSA) is 149 Å². The van der Waals surface area contributed by atoms with E-state index in [0.717, 1.165) is 5.56 Å². The van der Waals surface area contributed by atoms with Crippen molar-refractivity contribution in [2.45, 2.75) is 25.3 Å². The van der Waals surface area contributed by atoms with Crippen LogP contribution in [0.25, 0.3) is 0 Å². The van der Waals surface area contributed by atoms with Crippen molar-refractivity contribution in [1.82, 2.24) is 5.32 Å². The molecule has 9 heteroatoms. The van der Waals surface area contributed by atoms with Crippen LogP contribution in [0.1, 0.15) is 24.0 Å². The first-order chi connectivity index (χ1) is 14.3. The number of nitrogens with two attached hydrogens (primary N) is 1. The molecule has 3 rings (SSSR count). The molecule has 1 atom stereocenters. The van der Waals surface area contributed by atoms with E-state index in [1.54, 1.807) is 53.4 Å². The first-order valence-electron chi connectivity index (χ1n) is 9.47. The third-order valence-corrected chi connectivity index (χ3v) is 4.81. The number of hydrogen-bond donors (Lipinski definition) is 5. The summed E-state index contributed by atoms with van der Waals surface area (Å²) in [6.07, 6.45) is 0.847. The molecule has 0 aromatic heterocycles. The average molecular weight is 409 g/mol. The fourth-order valence-corrected chi connectivity index (χ4v) is 3.27. The highest BCUT2D eigenvalue weighted by molar-refractivity contribution is 6.03. The number of carbonyl (C=O) groups is 3. The van der Waals surface area contributed by atoms with Gasteiger partial charge in [0, 0.05) is 29.9 Å². The first kappa shape index (κ1) is 20.8. The Bertz CT molecular complexity index is 974. The fraction of sp³-hybridized carbons (Fsp3) is 0.238. The van der Waals surface area contributed by atoms with E-state index in [9.17, 15) is 14.4 Å². The number of aryl methyl sites for hydroxylation is 1. The summed E-state index contributed by atoms with van der Waals surface area (Å²) in [6.45, 7) is 0.466. The molecule has 156 valence electrons. The van der Waals surface area contributed by atoms with E-state index in [0.29, 0.717) is 36.3 Å². The van der Waals surface area contributed by atoms with Gasteiger partial charge in [-0.2, -0.15) is 0 Å². The smallest absolute Gasteiger partial charge is 0.319 e. The molecule has 0 radical (unpaired) electrons. The molecule has 1 fully saturated rings. The molecule has 0 spiro atoms. The second kappa shape index (κ2) is 9.08. The summed E-state index contributed by atoms with van der Waals surface area (Å²) in [4.78, 5) is 37.3. The van der Waals surface area contributed by atoms with E-state index in [1.165, 1.54) is 0 Å². The number of rotatable bonds is 7. The highest BCUT2D eigenvalue weighted by Gasteiger charge is 2.33. The minimum Gasteiger partial charge on any atom is -0.481 e. The van der Waals surface area contributed by atoms with Crippen molar-refractivity contribution in [3.63, 3.8) is 0 Å². The lowest BCUT2D eigenvalue weighted by atomic mass is 10.1. The Labute approximate surface area is 173 Å². The van der Waals surface area contributed by atoms with E-state index in [1.807, 2.05) is 0 Å². The van der Waals surface area contributed by atoms with E-state index in [4.69, 9.17) is 16.2 Å². The zero-order valence-electron chi connectivity index (χ0n) is 16.2. The van der Waals surface area contributed by atoms with Gasteiger partial charge >= 0.3 is 12.0 Å². The number of hydrogen-bond acceptors (Lipinski definition) is 4. The third-order valence-electron chi connectivity index (χ3n) is 4.81. The molecule has 1 heterocycles. The van der Waals surface area contributed by atoms with Crippen LogP contribution in [0.2, 0.25) is 0 Å². The van der Waals surface area contributed by atoms with Gasteiger partial charge in [0.05, 0.1) is 0 Å². The van der Waals surface area contributed by atoms with Gasteiger partial charge in [-0.15, -0.1) is 0 Å². The minimum atomic E-state index is -0.883. The van der Waals surface area contributed by atoms with Crippen LogP contribution in [0.3, 0.4) is 0 Å². The molecule has 2 aromatic carbocycles. The Morgan fingerprint density at radius 1 is 1.20 bits per heavy atom. The van der Waals surface area contributed by atoms with Gasteiger partial charge in [0.2, 0.25) is 5.91 Å². The van der Waals surface area contributed by atoms with Gasteiger partial charge in [0.25, 0.3) is 0 Å². The summed E-state index contributed by atoms with van der Waals surface area (Å²) in [5.74, 6) is -1.14. The highest BCUT2D eigenvalue weighted by atomic mass is 16.4. The summed E-state index contributed by atoms with van der Waals surface area (Å²) < 4.78 is 0. The van der Waals surface area contributed by atoms with Crippen LogP contribution >= 0.6 is 0 Å². The third kappa shape index (κ3) is 5.13. The normalized spacial score (nSPS) is 15.7. The summed E-state index contributed by atoms with van der Waals surface area (Å²) in [5.41, 5.74) is 8.03. The molecule has 1 aliphatic rings. The van der Waals surface area contributed by atoms with Crippen LogP contribution in [-0.2, 0) is 16.0 Å². The van der Waals surface area contributed by atoms with Crippen LogP contribution in [0.4, 0.5) is 16.2 Å². The van der Waals surface area contributed by atoms with Gasteiger partial charge in [-0.1, -0.05) is 12.1 Å². The number of carboxylic acids is 1. The van der Waals surface area contributed by atoms with Crippen molar-refractivity contribution in [3.8, 4) is 0 Å². The zero-order chi connectivity index (χ0) is 21.7. The maximum atomic E-state index is 12.7. The number of aliphatic carboxylic acids is 1. The Morgan fingerprint density at radius 2 is 1.93 bits per heavy atom. The van der Waals surface area contributed by atoms with Crippen molar-refractivity contribution >= 4 is 35.1 Å². The minimum absolute atomic E-state index is 0.00938. The molecule has 1 unspecified atom stereocenters. The monoisotopic (exact) mass is 409 g/mol. The number of nitrogen functional groups attached to an aromatic ring is 1. The van der Waals surface area contributed by atoms with Crippen LogP contribution < -0.4 is 21.3 Å². The average Bonchev–Trinajstić information content (AvgIpc) is 3.07. The molecular formula is C21H23N5O4. The number of nitrogens with one attached hydrogen (secondary N) is 3. The molecule has 1 saturated heterocycles. The van der Waals surface area contributed by atoms with Crippen molar-refractivity contribution in [1.29, 1.82) is 5.41 Å². The Hall–Kier alpha value is -3.88. The van der Waals surface area contributed by atoms with Crippen LogP contribution in [0.5, 0.6) is 0 Å². The maximum Gasteiger partial charge on any atom is 0.319 e. The molecule has 0 aliphatic carbocycles. The summed E-state index contributed by atoms with van der Waals surface area (Å²) in [6, 6.07) is 12.6. The number of benzene rings is 2. The second-order valence-corrected chi connectivity index (χ2v) is 6.98. The van der Waals surface area contributed by atoms with Gasteiger partial charge in [0.1, 0.15) is 11.9 Å². The van der Waals surface area contributed by atoms with Gasteiger partial charge in [-0.25, -0.2) is 4.79 Å². The number of amides is 3. The molecule has 2 aromatic rings. The Balaban J connectivity index is 1.57. The number of amidine groups is 1. The van der Waals surface area contributed by atoms with E-state index >= 15 is 0 Å². The molecule has 3 amide bonds. The largest absolute Gasteiger partial charge is 0.481 e. The van der Waals surface area contributed by atoms with Crippen LogP contribution in [0.15, 0.2) is 48.5 Å². The van der Waals surface area contributed by atoms with Gasteiger partial charge in [-0.05, 0) is 54.8 Å². The van der Waals surface area contributed by atoms with E-state index in [2.05, 4.69) is 10.6 Å². The van der Waals surface area contributed by atoms with Gasteiger partial charge < -0.3 is 26.4 Å². The maximum absolute atomic E-state index is 12.7.